The summed E-state index contributed by atoms with van der Waals surface area (Å²) < 4.78 is 4.11. The standard InChI is InChI=1S/C13H15Br2N3/c1-3-11-13(15)12(18(2)17-11)8-16-10-6-4-5-9(14)7-10/h4-7,16H,3,8H2,1-2H3. The molecule has 3 nitrogen and oxygen atoms in total. The first-order valence-electron chi connectivity index (χ1n) is 5.81. The van der Waals surface area contributed by atoms with E-state index in [2.05, 4.69) is 61.3 Å². The number of nitrogens with one attached hydrogen (secondary N) is 1. The summed E-state index contributed by atoms with van der Waals surface area (Å²) >= 11 is 7.08. The molecule has 2 rings (SSSR count). The lowest BCUT2D eigenvalue weighted by atomic mass is 10.3. The summed E-state index contributed by atoms with van der Waals surface area (Å²) in [7, 11) is 1.97. The van der Waals surface area contributed by atoms with Gasteiger partial charge in [-0.05, 0) is 40.5 Å². The van der Waals surface area contributed by atoms with Crippen molar-refractivity contribution in [2.45, 2.75) is 19.9 Å². The van der Waals surface area contributed by atoms with Crippen molar-refractivity contribution in [3.63, 3.8) is 0 Å². The highest BCUT2D eigenvalue weighted by atomic mass is 79.9. The van der Waals surface area contributed by atoms with Crippen LogP contribution in [0.4, 0.5) is 5.69 Å². The van der Waals surface area contributed by atoms with E-state index in [4.69, 9.17) is 0 Å². The van der Waals surface area contributed by atoms with Crippen LogP contribution in [-0.2, 0) is 20.0 Å². The van der Waals surface area contributed by atoms with E-state index in [1.807, 2.05) is 23.9 Å². The molecule has 1 aromatic carbocycles. The molecule has 0 unspecified atom stereocenters. The van der Waals surface area contributed by atoms with E-state index in [9.17, 15) is 0 Å². The average Bonchev–Trinajstić information content (AvgIpc) is 2.62. The van der Waals surface area contributed by atoms with Gasteiger partial charge in [0, 0.05) is 17.2 Å². The monoisotopic (exact) mass is 371 g/mol. The van der Waals surface area contributed by atoms with E-state index in [-0.39, 0.29) is 0 Å². The largest absolute Gasteiger partial charge is 0.379 e. The Bertz CT molecular complexity index is 549. The second-order valence-corrected chi connectivity index (χ2v) is 5.76. The lowest BCUT2D eigenvalue weighted by Gasteiger charge is -2.07. The molecule has 0 aliphatic carbocycles. The van der Waals surface area contributed by atoms with E-state index in [1.54, 1.807) is 0 Å². The second kappa shape index (κ2) is 5.89. The first kappa shape index (κ1) is 13.6. The molecule has 0 fully saturated rings. The smallest absolute Gasteiger partial charge is 0.0767 e. The molecule has 5 heteroatoms. The van der Waals surface area contributed by atoms with Gasteiger partial charge in [0.2, 0.25) is 0 Å². The van der Waals surface area contributed by atoms with Crippen molar-refractivity contribution < 1.29 is 0 Å². The topological polar surface area (TPSA) is 29.9 Å². The third kappa shape index (κ3) is 2.95. The molecule has 0 amide bonds. The molecule has 1 aromatic heterocycles. The van der Waals surface area contributed by atoms with Gasteiger partial charge < -0.3 is 5.32 Å². The average molecular weight is 373 g/mol. The Balaban J connectivity index is 2.13. The maximum absolute atomic E-state index is 4.48. The first-order valence-corrected chi connectivity index (χ1v) is 7.40. The van der Waals surface area contributed by atoms with Crippen LogP contribution in [0.5, 0.6) is 0 Å². The molecule has 0 atom stereocenters. The van der Waals surface area contributed by atoms with Gasteiger partial charge in [-0.25, -0.2) is 0 Å². The van der Waals surface area contributed by atoms with Crippen LogP contribution in [0.2, 0.25) is 0 Å². The van der Waals surface area contributed by atoms with Crippen molar-refractivity contribution in [1.82, 2.24) is 9.78 Å². The van der Waals surface area contributed by atoms with Gasteiger partial charge in [-0.3, -0.25) is 4.68 Å². The van der Waals surface area contributed by atoms with Crippen LogP contribution in [0.25, 0.3) is 0 Å². The number of aromatic nitrogens is 2. The number of rotatable bonds is 4. The number of anilines is 1. The Morgan fingerprint density at radius 1 is 1.33 bits per heavy atom. The summed E-state index contributed by atoms with van der Waals surface area (Å²) in [5.74, 6) is 0. The maximum Gasteiger partial charge on any atom is 0.0767 e. The van der Waals surface area contributed by atoms with E-state index < -0.39 is 0 Å². The highest BCUT2D eigenvalue weighted by molar-refractivity contribution is 9.10. The highest BCUT2D eigenvalue weighted by Crippen LogP contribution is 2.23. The molecule has 0 bridgehead atoms. The van der Waals surface area contributed by atoms with Gasteiger partial charge in [0.1, 0.15) is 0 Å². The Labute approximate surface area is 124 Å². The third-order valence-corrected chi connectivity index (χ3v) is 4.20. The number of hydrogen-bond acceptors (Lipinski definition) is 2. The zero-order valence-electron chi connectivity index (χ0n) is 10.4. The van der Waals surface area contributed by atoms with E-state index in [0.29, 0.717) is 0 Å². The zero-order valence-corrected chi connectivity index (χ0v) is 13.5. The predicted molar refractivity (Wildman–Crippen MR) is 81.8 cm³/mol. The van der Waals surface area contributed by atoms with Gasteiger partial charge in [-0.1, -0.05) is 28.9 Å². The number of hydrogen-bond donors (Lipinski definition) is 1. The highest BCUT2D eigenvalue weighted by Gasteiger charge is 2.11. The van der Waals surface area contributed by atoms with E-state index in [0.717, 1.165) is 39.0 Å². The van der Waals surface area contributed by atoms with Gasteiger partial charge in [-0.15, -0.1) is 0 Å². The molecule has 96 valence electrons. The predicted octanol–water partition coefficient (Wildman–Crippen LogP) is 4.12. The zero-order chi connectivity index (χ0) is 13.1. The molecule has 0 saturated heterocycles. The summed E-state index contributed by atoms with van der Waals surface area (Å²) in [6.45, 7) is 2.86. The molecule has 18 heavy (non-hydrogen) atoms. The Hall–Kier alpha value is -0.810. The van der Waals surface area contributed by atoms with Gasteiger partial charge in [0.15, 0.2) is 0 Å². The van der Waals surface area contributed by atoms with Gasteiger partial charge >= 0.3 is 0 Å². The Morgan fingerprint density at radius 3 is 2.72 bits per heavy atom. The molecule has 2 aromatic rings. The van der Waals surface area contributed by atoms with Crippen LogP contribution < -0.4 is 5.32 Å². The van der Waals surface area contributed by atoms with Crippen LogP contribution in [0.15, 0.2) is 33.2 Å². The minimum Gasteiger partial charge on any atom is -0.379 e. The van der Waals surface area contributed by atoms with Crippen LogP contribution in [0, 0.1) is 0 Å². The summed E-state index contributed by atoms with van der Waals surface area (Å²) in [5.41, 5.74) is 3.35. The lowest BCUT2D eigenvalue weighted by molar-refractivity contribution is 0.706. The van der Waals surface area contributed by atoms with Crippen LogP contribution in [-0.4, -0.2) is 9.78 Å². The first-order chi connectivity index (χ1) is 8.61. The quantitative estimate of drug-likeness (QED) is 0.874. The van der Waals surface area contributed by atoms with Crippen LogP contribution in [0.1, 0.15) is 18.3 Å². The van der Waals surface area contributed by atoms with E-state index >= 15 is 0 Å². The fraction of sp³-hybridized carbons (Fsp3) is 0.308. The molecule has 1 heterocycles. The lowest BCUT2D eigenvalue weighted by Crippen LogP contribution is -2.05. The second-order valence-electron chi connectivity index (χ2n) is 4.05. The van der Waals surface area contributed by atoms with Gasteiger partial charge in [-0.2, -0.15) is 5.10 Å². The third-order valence-electron chi connectivity index (χ3n) is 2.79. The van der Waals surface area contributed by atoms with Crippen LogP contribution >= 0.6 is 31.9 Å². The maximum atomic E-state index is 4.48. The molecule has 0 spiro atoms. The van der Waals surface area contributed by atoms with Gasteiger partial charge in [0.05, 0.1) is 22.4 Å². The molecule has 0 saturated carbocycles. The number of aryl methyl sites for hydroxylation is 2. The molecular weight excluding hydrogens is 358 g/mol. The van der Waals surface area contributed by atoms with Gasteiger partial charge in [0.25, 0.3) is 0 Å². The number of halogens is 2. The molecule has 0 aliphatic heterocycles. The van der Waals surface area contributed by atoms with Crippen LogP contribution in [0.3, 0.4) is 0 Å². The van der Waals surface area contributed by atoms with Crippen molar-refractivity contribution in [2.24, 2.45) is 7.05 Å². The van der Waals surface area contributed by atoms with Crippen molar-refractivity contribution in [2.75, 3.05) is 5.32 Å². The molecular formula is C13H15Br2N3. The van der Waals surface area contributed by atoms with E-state index in [1.165, 1.54) is 0 Å². The fourth-order valence-electron chi connectivity index (χ4n) is 1.80. The molecule has 0 aliphatic rings. The fourth-order valence-corrected chi connectivity index (χ4v) is 2.95. The minimum absolute atomic E-state index is 0.751. The summed E-state index contributed by atoms with van der Waals surface area (Å²) in [5, 5.41) is 7.88. The SMILES string of the molecule is CCc1nn(C)c(CNc2cccc(Br)c2)c1Br. The normalized spacial score (nSPS) is 10.7. The van der Waals surface area contributed by atoms with Crippen molar-refractivity contribution in [1.29, 1.82) is 0 Å². The summed E-state index contributed by atoms with van der Waals surface area (Å²) in [4.78, 5) is 0. The van der Waals surface area contributed by atoms with Crippen molar-refractivity contribution in [3.05, 3.63) is 44.6 Å². The molecule has 1 N–H and O–H groups in total. The number of nitrogens with zero attached hydrogens (tertiary/aromatic N) is 2. The van der Waals surface area contributed by atoms with Crippen molar-refractivity contribution >= 4 is 37.5 Å². The van der Waals surface area contributed by atoms with Crippen molar-refractivity contribution in [3.8, 4) is 0 Å². The number of benzene rings is 1. The minimum atomic E-state index is 0.751. The Morgan fingerprint density at radius 2 is 2.11 bits per heavy atom. The Kier molecular flexibility index (Phi) is 4.45. The molecule has 0 radical (unpaired) electrons. The summed E-state index contributed by atoms with van der Waals surface area (Å²) in [6, 6.07) is 8.14. The summed E-state index contributed by atoms with van der Waals surface area (Å²) in [6.07, 6.45) is 0.936.